The van der Waals surface area contributed by atoms with Crippen LogP contribution in [-0.2, 0) is 11.2 Å². The third-order valence-corrected chi connectivity index (χ3v) is 6.44. The molecule has 172 valence electrons. The van der Waals surface area contributed by atoms with Crippen LogP contribution in [0.2, 0.25) is 0 Å². The SMILES string of the molecule is N#Cc1ccc(-c2nc(C(=O)N3CCCC3)c(CC(=O)O)n2-c2ccc(C3CC3)cc2)cc1F. The number of likely N-dealkylation sites (tertiary alicyclic amines) is 1. The molecule has 1 aromatic heterocycles. The van der Waals surface area contributed by atoms with Crippen molar-refractivity contribution in [3.8, 4) is 23.1 Å². The van der Waals surface area contributed by atoms with Crippen molar-refractivity contribution in [3.63, 3.8) is 0 Å². The Kier molecular flexibility index (Phi) is 5.62. The van der Waals surface area contributed by atoms with Crippen molar-refractivity contribution in [3.05, 3.63) is 70.8 Å². The first-order valence-electron chi connectivity index (χ1n) is 11.4. The van der Waals surface area contributed by atoms with Crippen LogP contribution in [0.5, 0.6) is 0 Å². The van der Waals surface area contributed by atoms with Crippen LogP contribution >= 0.6 is 0 Å². The summed E-state index contributed by atoms with van der Waals surface area (Å²) in [5.41, 5.74) is 2.43. The van der Waals surface area contributed by atoms with Gasteiger partial charge in [-0.25, -0.2) is 9.37 Å². The maximum atomic E-state index is 14.5. The molecule has 34 heavy (non-hydrogen) atoms. The Hall–Kier alpha value is -3.99. The molecule has 7 nitrogen and oxygen atoms in total. The van der Waals surface area contributed by atoms with Crippen molar-refractivity contribution in [2.45, 2.75) is 38.0 Å². The maximum absolute atomic E-state index is 14.5. The van der Waals surface area contributed by atoms with E-state index < -0.39 is 18.2 Å². The van der Waals surface area contributed by atoms with Gasteiger partial charge in [-0.15, -0.1) is 0 Å². The number of carbonyl (C=O) groups excluding carboxylic acids is 1. The molecule has 0 bridgehead atoms. The number of nitriles is 1. The van der Waals surface area contributed by atoms with Crippen LogP contribution in [0.1, 0.15) is 58.9 Å². The molecule has 2 aromatic carbocycles. The number of nitrogens with zero attached hydrogens (tertiary/aromatic N) is 4. The zero-order valence-electron chi connectivity index (χ0n) is 18.5. The number of carboxylic acid groups (broad SMARTS) is 1. The second-order valence-corrected chi connectivity index (χ2v) is 8.81. The molecule has 1 aliphatic carbocycles. The van der Waals surface area contributed by atoms with Gasteiger partial charge in [0.25, 0.3) is 5.91 Å². The minimum absolute atomic E-state index is 0.0651. The van der Waals surface area contributed by atoms with Gasteiger partial charge in [-0.05, 0) is 67.5 Å². The number of aromatic nitrogens is 2. The van der Waals surface area contributed by atoms with E-state index in [9.17, 15) is 19.1 Å². The molecule has 2 fully saturated rings. The summed E-state index contributed by atoms with van der Waals surface area (Å²) >= 11 is 0. The van der Waals surface area contributed by atoms with Crippen molar-refractivity contribution in [2.75, 3.05) is 13.1 Å². The standard InChI is InChI=1S/C26H23FN4O3/c27-21-13-18(5-6-19(21)15-28)25-29-24(26(34)30-11-1-2-12-30)22(14-23(32)33)31(25)20-9-7-17(8-10-20)16-3-4-16/h5-10,13,16H,1-4,11-12,14H2,(H,32,33). The summed E-state index contributed by atoms with van der Waals surface area (Å²) in [6, 6.07) is 13.7. The molecule has 5 rings (SSSR count). The number of hydrogen-bond acceptors (Lipinski definition) is 4. The van der Waals surface area contributed by atoms with Gasteiger partial charge in [0.15, 0.2) is 5.69 Å². The van der Waals surface area contributed by atoms with Crippen LogP contribution in [0.4, 0.5) is 4.39 Å². The van der Waals surface area contributed by atoms with Gasteiger partial charge in [0.1, 0.15) is 17.7 Å². The van der Waals surface area contributed by atoms with Gasteiger partial charge in [0, 0.05) is 24.3 Å². The van der Waals surface area contributed by atoms with Crippen LogP contribution in [-0.4, -0.2) is 44.5 Å². The molecule has 3 aromatic rings. The Morgan fingerprint density at radius 1 is 1.12 bits per heavy atom. The number of aliphatic carboxylic acids is 1. The smallest absolute Gasteiger partial charge is 0.309 e. The van der Waals surface area contributed by atoms with Crippen molar-refractivity contribution in [2.24, 2.45) is 0 Å². The summed E-state index contributed by atoms with van der Waals surface area (Å²) < 4.78 is 16.1. The Morgan fingerprint density at radius 3 is 2.41 bits per heavy atom. The zero-order chi connectivity index (χ0) is 23.8. The molecule has 0 atom stereocenters. The van der Waals surface area contributed by atoms with Gasteiger partial charge < -0.3 is 10.0 Å². The zero-order valence-corrected chi connectivity index (χ0v) is 18.5. The molecule has 1 aliphatic heterocycles. The van der Waals surface area contributed by atoms with Gasteiger partial charge in [-0.3, -0.25) is 14.2 Å². The van der Waals surface area contributed by atoms with Crippen LogP contribution in [0.25, 0.3) is 17.1 Å². The Labute approximate surface area is 196 Å². The second-order valence-electron chi connectivity index (χ2n) is 8.81. The van der Waals surface area contributed by atoms with E-state index in [0.717, 1.165) is 25.7 Å². The second kappa shape index (κ2) is 8.75. The van der Waals surface area contributed by atoms with Gasteiger partial charge in [0.2, 0.25) is 0 Å². The summed E-state index contributed by atoms with van der Waals surface area (Å²) in [4.78, 5) is 31.4. The third-order valence-electron chi connectivity index (χ3n) is 6.44. The predicted octanol–water partition coefficient (Wildman–Crippen LogP) is 4.29. The Bertz CT molecular complexity index is 1310. The number of imidazole rings is 1. The fourth-order valence-electron chi connectivity index (χ4n) is 4.53. The lowest BCUT2D eigenvalue weighted by molar-refractivity contribution is -0.136. The molecule has 0 radical (unpaired) electrons. The summed E-state index contributed by atoms with van der Waals surface area (Å²) in [5.74, 6) is -1.30. The van der Waals surface area contributed by atoms with Gasteiger partial charge in [-0.2, -0.15) is 5.26 Å². The molecule has 0 spiro atoms. The number of benzene rings is 2. The highest BCUT2D eigenvalue weighted by Gasteiger charge is 2.30. The quantitative estimate of drug-likeness (QED) is 0.594. The highest BCUT2D eigenvalue weighted by molar-refractivity contribution is 5.96. The summed E-state index contributed by atoms with van der Waals surface area (Å²) in [6.07, 6.45) is 3.66. The first-order valence-corrected chi connectivity index (χ1v) is 11.4. The molecule has 8 heteroatoms. The van der Waals surface area contributed by atoms with E-state index in [2.05, 4.69) is 4.98 Å². The molecule has 0 unspecified atom stereocenters. The van der Waals surface area contributed by atoms with E-state index in [1.807, 2.05) is 24.3 Å². The summed E-state index contributed by atoms with van der Waals surface area (Å²) in [7, 11) is 0. The highest BCUT2D eigenvalue weighted by atomic mass is 19.1. The van der Waals surface area contributed by atoms with E-state index in [4.69, 9.17) is 5.26 Å². The fraction of sp³-hybridized carbons (Fsp3) is 0.308. The van der Waals surface area contributed by atoms with E-state index >= 15 is 0 Å². The predicted molar refractivity (Wildman–Crippen MR) is 122 cm³/mol. The van der Waals surface area contributed by atoms with Crippen LogP contribution in [0.3, 0.4) is 0 Å². The first kappa shape index (κ1) is 21.8. The third kappa shape index (κ3) is 4.05. The van der Waals surface area contributed by atoms with Gasteiger partial charge in [0.05, 0.1) is 17.7 Å². The lowest BCUT2D eigenvalue weighted by Gasteiger charge is -2.15. The highest BCUT2D eigenvalue weighted by Crippen LogP contribution is 2.40. The normalized spacial score (nSPS) is 15.4. The van der Waals surface area contributed by atoms with E-state index in [1.54, 1.807) is 21.6 Å². The summed E-state index contributed by atoms with van der Waals surface area (Å²) in [6.45, 7) is 1.18. The lowest BCUT2D eigenvalue weighted by Crippen LogP contribution is -2.29. The molecular weight excluding hydrogens is 435 g/mol. The number of carbonyl (C=O) groups is 2. The van der Waals surface area contributed by atoms with E-state index in [1.165, 1.54) is 17.7 Å². The van der Waals surface area contributed by atoms with E-state index in [0.29, 0.717) is 30.3 Å². The van der Waals surface area contributed by atoms with Crippen LogP contribution in [0.15, 0.2) is 42.5 Å². The number of halogens is 1. The molecule has 2 aliphatic rings. The van der Waals surface area contributed by atoms with Crippen LogP contribution < -0.4 is 0 Å². The van der Waals surface area contributed by atoms with Crippen molar-refractivity contribution < 1.29 is 19.1 Å². The van der Waals surface area contributed by atoms with Crippen molar-refractivity contribution >= 4 is 11.9 Å². The molecule has 1 saturated carbocycles. The monoisotopic (exact) mass is 458 g/mol. The lowest BCUT2D eigenvalue weighted by atomic mass is 10.1. The van der Waals surface area contributed by atoms with E-state index in [-0.39, 0.29) is 28.7 Å². The first-order chi connectivity index (χ1) is 16.5. The number of rotatable bonds is 6. The number of carboxylic acids is 1. The van der Waals surface area contributed by atoms with Crippen molar-refractivity contribution in [1.29, 1.82) is 5.26 Å². The maximum Gasteiger partial charge on any atom is 0.309 e. The average molecular weight is 458 g/mol. The molecular formula is C26H23FN4O3. The van der Waals surface area contributed by atoms with Gasteiger partial charge >= 0.3 is 5.97 Å². The van der Waals surface area contributed by atoms with Crippen LogP contribution in [0, 0.1) is 17.1 Å². The largest absolute Gasteiger partial charge is 0.481 e. The number of hydrogen-bond donors (Lipinski definition) is 1. The molecule has 1 N–H and O–H groups in total. The van der Waals surface area contributed by atoms with Gasteiger partial charge in [-0.1, -0.05) is 12.1 Å². The molecule has 1 saturated heterocycles. The van der Waals surface area contributed by atoms with Crippen molar-refractivity contribution in [1.82, 2.24) is 14.5 Å². The minimum atomic E-state index is -1.09. The topological polar surface area (TPSA) is 99.2 Å². The Morgan fingerprint density at radius 2 is 1.82 bits per heavy atom. The fourth-order valence-corrected chi connectivity index (χ4v) is 4.53. The average Bonchev–Trinajstić information content (AvgIpc) is 3.40. The Balaban J connectivity index is 1.71. The molecule has 2 heterocycles. The summed E-state index contributed by atoms with van der Waals surface area (Å²) in [5, 5.41) is 18.8. The minimum Gasteiger partial charge on any atom is -0.481 e. The number of amides is 1. The molecule has 1 amide bonds.